The number of rotatable bonds is 0. The first-order valence-electron chi connectivity index (χ1n) is 2.22. The molecule has 0 aromatic rings. The predicted molar refractivity (Wildman–Crippen MR) is 29.9 cm³/mol. The molecule has 0 spiro atoms. The van der Waals surface area contributed by atoms with Gasteiger partial charge in [-0.05, 0) is 0 Å². The van der Waals surface area contributed by atoms with Gasteiger partial charge in [-0.1, -0.05) is 19.3 Å². The SMILES string of the molecule is Cl.[CH2-]C1CCC1.[Zn]. The van der Waals surface area contributed by atoms with Crippen LogP contribution in [0.25, 0.3) is 0 Å². The van der Waals surface area contributed by atoms with Crippen LogP contribution in [-0.2, 0) is 19.5 Å². The van der Waals surface area contributed by atoms with Crippen molar-refractivity contribution in [2.75, 3.05) is 0 Å². The van der Waals surface area contributed by atoms with E-state index in [1.165, 1.54) is 19.3 Å². The molecule has 0 saturated heterocycles. The molecular weight excluding hydrogens is 161 g/mol. The number of hydrogen-bond donors (Lipinski definition) is 0. The second-order valence-electron chi connectivity index (χ2n) is 1.80. The van der Waals surface area contributed by atoms with E-state index in [1.807, 2.05) is 0 Å². The summed E-state index contributed by atoms with van der Waals surface area (Å²) in [6, 6.07) is 0. The Kier molecular flexibility index (Phi) is 7.82. The number of hydrogen-bond acceptors (Lipinski definition) is 0. The summed E-state index contributed by atoms with van der Waals surface area (Å²) in [5.74, 6) is 0.815. The molecule has 0 radical (unpaired) electrons. The molecule has 0 unspecified atom stereocenters. The van der Waals surface area contributed by atoms with Crippen molar-refractivity contribution in [2.45, 2.75) is 19.3 Å². The second-order valence-corrected chi connectivity index (χ2v) is 1.80. The minimum absolute atomic E-state index is 0. The molecule has 2 heteroatoms. The monoisotopic (exact) mass is 169 g/mol. The van der Waals surface area contributed by atoms with E-state index in [0.29, 0.717) is 0 Å². The van der Waals surface area contributed by atoms with E-state index in [2.05, 4.69) is 6.92 Å². The van der Waals surface area contributed by atoms with Crippen LogP contribution in [0.2, 0.25) is 0 Å². The smallest absolute Gasteiger partial charge is 0 e. The van der Waals surface area contributed by atoms with Gasteiger partial charge in [-0.25, -0.2) is 0 Å². The maximum atomic E-state index is 3.84. The van der Waals surface area contributed by atoms with E-state index >= 15 is 0 Å². The zero-order chi connectivity index (χ0) is 3.70. The molecule has 0 heterocycles. The van der Waals surface area contributed by atoms with Crippen molar-refractivity contribution in [3.63, 3.8) is 0 Å². The summed E-state index contributed by atoms with van der Waals surface area (Å²) in [6.07, 6.45) is 4.17. The van der Waals surface area contributed by atoms with Gasteiger partial charge in [-0.2, -0.15) is 5.92 Å². The summed E-state index contributed by atoms with van der Waals surface area (Å²) in [4.78, 5) is 0. The molecule has 1 fully saturated rings. The molecular formula is C5H10ClZn-. The summed E-state index contributed by atoms with van der Waals surface area (Å²) in [6.45, 7) is 3.84. The first-order valence-corrected chi connectivity index (χ1v) is 2.22. The Hall–Kier alpha value is 0.913. The fourth-order valence-electron chi connectivity index (χ4n) is 0.493. The third kappa shape index (κ3) is 3.49. The molecule has 0 bridgehead atoms. The first kappa shape index (κ1) is 10.8. The van der Waals surface area contributed by atoms with E-state index in [9.17, 15) is 0 Å². The van der Waals surface area contributed by atoms with Crippen LogP contribution in [0.15, 0.2) is 0 Å². The van der Waals surface area contributed by atoms with Crippen LogP contribution in [0, 0.1) is 12.8 Å². The van der Waals surface area contributed by atoms with E-state index in [4.69, 9.17) is 0 Å². The van der Waals surface area contributed by atoms with E-state index in [1.54, 1.807) is 0 Å². The van der Waals surface area contributed by atoms with Crippen LogP contribution in [0.1, 0.15) is 19.3 Å². The minimum Gasteiger partial charge on any atom is -0.340 e. The predicted octanol–water partition coefficient (Wildman–Crippen LogP) is 2.04. The van der Waals surface area contributed by atoms with Crippen molar-refractivity contribution in [3.05, 3.63) is 6.92 Å². The van der Waals surface area contributed by atoms with Crippen LogP contribution >= 0.6 is 12.4 Å². The molecule has 0 aromatic heterocycles. The maximum absolute atomic E-state index is 3.84. The summed E-state index contributed by atoms with van der Waals surface area (Å²) in [5.41, 5.74) is 0. The summed E-state index contributed by atoms with van der Waals surface area (Å²) in [5, 5.41) is 0. The van der Waals surface area contributed by atoms with Crippen molar-refractivity contribution >= 4 is 12.4 Å². The van der Waals surface area contributed by atoms with Crippen LogP contribution in [0.5, 0.6) is 0 Å². The third-order valence-corrected chi connectivity index (χ3v) is 1.22. The van der Waals surface area contributed by atoms with Gasteiger partial charge in [0.15, 0.2) is 0 Å². The van der Waals surface area contributed by atoms with E-state index < -0.39 is 0 Å². The fraction of sp³-hybridized carbons (Fsp3) is 0.800. The topological polar surface area (TPSA) is 0 Å². The van der Waals surface area contributed by atoms with Gasteiger partial charge in [0.1, 0.15) is 0 Å². The normalized spacial score (nSPS) is 18.4. The second kappa shape index (κ2) is 5.06. The van der Waals surface area contributed by atoms with Crippen molar-refractivity contribution in [3.8, 4) is 0 Å². The van der Waals surface area contributed by atoms with Crippen molar-refractivity contribution in [2.24, 2.45) is 5.92 Å². The van der Waals surface area contributed by atoms with Gasteiger partial charge in [0.05, 0.1) is 0 Å². The van der Waals surface area contributed by atoms with Gasteiger partial charge < -0.3 is 6.92 Å². The first-order chi connectivity index (χ1) is 2.39. The van der Waals surface area contributed by atoms with Gasteiger partial charge in [-0.3, -0.25) is 0 Å². The zero-order valence-electron chi connectivity index (χ0n) is 4.52. The van der Waals surface area contributed by atoms with Crippen molar-refractivity contribution in [1.82, 2.24) is 0 Å². The molecule has 0 nitrogen and oxygen atoms in total. The molecule has 0 aliphatic heterocycles. The van der Waals surface area contributed by atoms with E-state index in [-0.39, 0.29) is 31.9 Å². The van der Waals surface area contributed by atoms with Gasteiger partial charge in [0.25, 0.3) is 0 Å². The fourth-order valence-corrected chi connectivity index (χ4v) is 0.493. The van der Waals surface area contributed by atoms with Gasteiger partial charge in [0.2, 0.25) is 0 Å². The van der Waals surface area contributed by atoms with Crippen molar-refractivity contribution < 1.29 is 19.5 Å². The third-order valence-electron chi connectivity index (χ3n) is 1.22. The Morgan fingerprint density at radius 1 is 1.29 bits per heavy atom. The molecule has 0 N–H and O–H groups in total. The Labute approximate surface area is 64.2 Å². The van der Waals surface area contributed by atoms with Gasteiger partial charge in [-0.15, -0.1) is 12.4 Å². The average Bonchev–Trinajstić information content (AvgIpc) is 1.30. The molecule has 1 aliphatic rings. The Morgan fingerprint density at radius 3 is 1.57 bits per heavy atom. The van der Waals surface area contributed by atoms with Crippen LogP contribution in [0.4, 0.5) is 0 Å². The molecule has 1 saturated carbocycles. The molecule has 1 rings (SSSR count). The molecule has 0 atom stereocenters. The Morgan fingerprint density at radius 2 is 1.57 bits per heavy atom. The molecule has 7 heavy (non-hydrogen) atoms. The van der Waals surface area contributed by atoms with E-state index in [0.717, 1.165) is 5.92 Å². The largest absolute Gasteiger partial charge is 0.340 e. The molecule has 1 aliphatic carbocycles. The van der Waals surface area contributed by atoms with Crippen LogP contribution in [0.3, 0.4) is 0 Å². The average molecular weight is 171 g/mol. The Bertz CT molecular complexity index is 35.1. The standard InChI is InChI=1S/C5H9.ClH.Zn/c1-5-3-2-4-5;;/h5H,1-4H2;1H;/q-1;;. The summed E-state index contributed by atoms with van der Waals surface area (Å²) < 4.78 is 0. The summed E-state index contributed by atoms with van der Waals surface area (Å²) >= 11 is 0. The molecule has 0 amide bonds. The summed E-state index contributed by atoms with van der Waals surface area (Å²) in [7, 11) is 0. The van der Waals surface area contributed by atoms with Gasteiger partial charge >= 0.3 is 0 Å². The van der Waals surface area contributed by atoms with Crippen molar-refractivity contribution in [1.29, 1.82) is 0 Å². The Balaban J connectivity index is 0. The maximum Gasteiger partial charge on any atom is 0 e. The molecule has 0 aromatic carbocycles. The number of halogens is 1. The minimum atomic E-state index is 0. The molecule has 40 valence electrons. The zero-order valence-corrected chi connectivity index (χ0v) is 8.30. The van der Waals surface area contributed by atoms with Gasteiger partial charge in [0, 0.05) is 19.5 Å². The quantitative estimate of drug-likeness (QED) is 0.386. The van der Waals surface area contributed by atoms with Crippen LogP contribution < -0.4 is 0 Å². The van der Waals surface area contributed by atoms with Crippen LogP contribution in [-0.4, -0.2) is 0 Å².